The van der Waals surface area contributed by atoms with Crippen molar-refractivity contribution in [3.05, 3.63) is 69.4 Å². The highest BCUT2D eigenvalue weighted by atomic mass is 79.9. The lowest BCUT2D eigenvalue weighted by atomic mass is 10.1. The van der Waals surface area contributed by atoms with Gasteiger partial charge in [-0.05, 0) is 37.6 Å². The summed E-state index contributed by atoms with van der Waals surface area (Å²) < 4.78 is 14.6. The molecule has 2 rings (SSSR count). The molecule has 0 amide bonds. The summed E-state index contributed by atoms with van der Waals surface area (Å²) in [7, 11) is 0. The molecule has 0 saturated carbocycles. The molecule has 0 aliphatic rings. The molecule has 0 fully saturated rings. The van der Waals surface area contributed by atoms with Crippen molar-refractivity contribution >= 4 is 15.9 Å². The molecule has 100 valence electrons. The van der Waals surface area contributed by atoms with Crippen molar-refractivity contribution in [3.8, 4) is 0 Å². The van der Waals surface area contributed by atoms with Crippen LogP contribution in [0.3, 0.4) is 0 Å². The van der Waals surface area contributed by atoms with Gasteiger partial charge in [0.1, 0.15) is 5.82 Å². The first-order chi connectivity index (χ1) is 9.06. The van der Waals surface area contributed by atoms with Crippen LogP contribution in [0, 0.1) is 12.7 Å². The molecule has 0 aliphatic carbocycles. The highest BCUT2D eigenvalue weighted by Crippen LogP contribution is 2.21. The van der Waals surface area contributed by atoms with E-state index in [1.807, 2.05) is 13.0 Å². The molecular weight excluding hydrogens is 305 g/mol. The van der Waals surface area contributed by atoms with Gasteiger partial charge in [-0.25, -0.2) is 4.39 Å². The number of halogens is 2. The van der Waals surface area contributed by atoms with Gasteiger partial charge in [-0.1, -0.05) is 45.8 Å². The van der Waals surface area contributed by atoms with Crippen LogP contribution in [0.25, 0.3) is 0 Å². The quantitative estimate of drug-likeness (QED) is 0.857. The van der Waals surface area contributed by atoms with E-state index in [0.717, 1.165) is 11.0 Å². The highest BCUT2D eigenvalue weighted by molar-refractivity contribution is 9.10. The molecule has 0 bridgehead atoms. The minimum absolute atomic E-state index is 0.0289. The van der Waals surface area contributed by atoms with Crippen LogP contribution in [0.2, 0.25) is 0 Å². The third kappa shape index (κ3) is 3.88. The van der Waals surface area contributed by atoms with E-state index >= 15 is 0 Å². The predicted molar refractivity (Wildman–Crippen MR) is 80.5 cm³/mol. The van der Waals surface area contributed by atoms with Gasteiger partial charge in [0.15, 0.2) is 0 Å². The first-order valence-corrected chi connectivity index (χ1v) is 7.09. The number of benzene rings is 2. The van der Waals surface area contributed by atoms with E-state index < -0.39 is 0 Å². The van der Waals surface area contributed by atoms with Gasteiger partial charge in [-0.2, -0.15) is 0 Å². The molecule has 19 heavy (non-hydrogen) atoms. The molecule has 0 aliphatic heterocycles. The van der Waals surface area contributed by atoms with E-state index in [2.05, 4.69) is 52.4 Å². The Labute approximate surface area is 122 Å². The Balaban J connectivity index is 2.03. The van der Waals surface area contributed by atoms with Gasteiger partial charge in [-0.3, -0.25) is 0 Å². The summed E-state index contributed by atoms with van der Waals surface area (Å²) in [5.74, 6) is -0.174. The van der Waals surface area contributed by atoms with Gasteiger partial charge in [0, 0.05) is 22.6 Å². The fourth-order valence-electron chi connectivity index (χ4n) is 1.93. The van der Waals surface area contributed by atoms with E-state index in [1.165, 1.54) is 17.2 Å². The lowest BCUT2D eigenvalue weighted by molar-refractivity contribution is 0.528. The predicted octanol–water partition coefficient (Wildman–Crippen LogP) is 4.75. The molecule has 0 heterocycles. The molecule has 2 aromatic carbocycles. The molecule has 1 atom stereocenters. The lowest BCUT2D eigenvalue weighted by Crippen LogP contribution is -2.19. The molecule has 0 radical (unpaired) electrons. The maximum absolute atomic E-state index is 13.7. The summed E-state index contributed by atoms with van der Waals surface area (Å²) in [6.45, 7) is 4.77. The zero-order valence-corrected chi connectivity index (χ0v) is 12.7. The summed E-state index contributed by atoms with van der Waals surface area (Å²) in [5, 5.41) is 3.34. The van der Waals surface area contributed by atoms with Crippen LogP contribution in [0.15, 0.2) is 46.9 Å². The van der Waals surface area contributed by atoms with Gasteiger partial charge in [-0.15, -0.1) is 0 Å². The Morgan fingerprint density at radius 1 is 1.16 bits per heavy atom. The monoisotopic (exact) mass is 321 g/mol. The topological polar surface area (TPSA) is 12.0 Å². The summed E-state index contributed by atoms with van der Waals surface area (Å²) in [6.07, 6.45) is 0. The largest absolute Gasteiger partial charge is 0.306 e. The zero-order valence-electron chi connectivity index (χ0n) is 11.1. The summed E-state index contributed by atoms with van der Waals surface area (Å²) in [6, 6.07) is 13.3. The average Bonchev–Trinajstić information content (AvgIpc) is 2.40. The number of hydrogen-bond acceptors (Lipinski definition) is 1. The Hall–Kier alpha value is -1.19. The van der Waals surface area contributed by atoms with Gasteiger partial charge >= 0.3 is 0 Å². The molecule has 0 aromatic heterocycles. The number of nitrogens with one attached hydrogen (secondary N) is 1. The number of rotatable bonds is 4. The minimum atomic E-state index is -0.174. The SMILES string of the molecule is Cc1ccc(CNC(C)c2cc(Br)ccc2F)cc1. The molecule has 0 spiro atoms. The van der Waals surface area contributed by atoms with Gasteiger partial charge < -0.3 is 5.32 Å². The second kappa shape index (κ2) is 6.31. The maximum atomic E-state index is 13.7. The van der Waals surface area contributed by atoms with Crippen LogP contribution in [0.4, 0.5) is 4.39 Å². The van der Waals surface area contributed by atoms with Crippen LogP contribution in [-0.2, 0) is 6.54 Å². The molecule has 1 unspecified atom stereocenters. The first kappa shape index (κ1) is 14.2. The van der Waals surface area contributed by atoms with E-state index in [4.69, 9.17) is 0 Å². The van der Waals surface area contributed by atoms with Crippen LogP contribution in [0.1, 0.15) is 29.7 Å². The fourth-order valence-corrected chi connectivity index (χ4v) is 2.31. The lowest BCUT2D eigenvalue weighted by Gasteiger charge is -2.15. The standard InChI is InChI=1S/C16H17BrFN/c1-11-3-5-13(6-4-11)10-19-12(2)15-9-14(17)7-8-16(15)18/h3-9,12,19H,10H2,1-2H3. The normalized spacial score (nSPS) is 12.4. The van der Waals surface area contributed by atoms with Gasteiger partial charge in [0.05, 0.1) is 0 Å². The zero-order chi connectivity index (χ0) is 13.8. The molecule has 1 N–H and O–H groups in total. The Morgan fingerprint density at radius 3 is 2.53 bits per heavy atom. The first-order valence-electron chi connectivity index (χ1n) is 6.30. The van der Waals surface area contributed by atoms with E-state index in [1.54, 1.807) is 6.07 Å². The molecular formula is C16H17BrFN. The summed E-state index contributed by atoms with van der Waals surface area (Å²) >= 11 is 3.37. The van der Waals surface area contributed by atoms with Crippen LogP contribution in [0.5, 0.6) is 0 Å². The van der Waals surface area contributed by atoms with Crippen molar-refractivity contribution in [3.63, 3.8) is 0 Å². The van der Waals surface area contributed by atoms with Crippen molar-refractivity contribution in [2.24, 2.45) is 0 Å². The van der Waals surface area contributed by atoms with Crippen molar-refractivity contribution in [1.82, 2.24) is 5.32 Å². The summed E-state index contributed by atoms with van der Waals surface area (Å²) in [4.78, 5) is 0. The van der Waals surface area contributed by atoms with Gasteiger partial charge in [0.25, 0.3) is 0 Å². The molecule has 3 heteroatoms. The van der Waals surface area contributed by atoms with E-state index in [9.17, 15) is 4.39 Å². The minimum Gasteiger partial charge on any atom is -0.306 e. The maximum Gasteiger partial charge on any atom is 0.128 e. The highest BCUT2D eigenvalue weighted by Gasteiger charge is 2.10. The third-order valence-corrected chi connectivity index (χ3v) is 3.65. The molecule has 0 saturated heterocycles. The second-order valence-corrected chi connectivity index (χ2v) is 5.67. The van der Waals surface area contributed by atoms with Crippen molar-refractivity contribution in [2.45, 2.75) is 26.4 Å². The van der Waals surface area contributed by atoms with Crippen molar-refractivity contribution in [2.75, 3.05) is 0 Å². The fraction of sp³-hybridized carbons (Fsp3) is 0.250. The van der Waals surface area contributed by atoms with E-state index in [0.29, 0.717) is 5.56 Å². The third-order valence-electron chi connectivity index (χ3n) is 3.16. The number of aryl methyl sites for hydroxylation is 1. The Kier molecular flexibility index (Phi) is 4.72. The van der Waals surface area contributed by atoms with Crippen LogP contribution >= 0.6 is 15.9 Å². The van der Waals surface area contributed by atoms with Crippen LogP contribution < -0.4 is 5.32 Å². The average molecular weight is 322 g/mol. The van der Waals surface area contributed by atoms with Crippen LogP contribution in [-0.4, -0.2) is 0 Å². The van der Waals surface area contributed by atoms with E-state index in [-0.39, 0.29) is 11.9 Å². The van der Waals surface area contributed by atoms with Gasteiger partial charge in [0.2, 0.25) is 0 Å². The Bertz CT molecular complexity index is 551. The van der Waals surface area contributed by atoms with Crippen molar-refractivity contribution < 1.29 is 4.39 Å². The second-order valence-electron chi connectivity index (χ2n) is 4.75. The van der Waals surface area contributed by atoms with Crippen molar-refractivity contribution in [1.29, 1.82) is 0 Å². The molecule has 1 nitrogen and oxygen atoms in total. The summed E-state index contributed by atoms with van der Waals surface area (Å²) in [5.41, 5.74) is 3.13. The number of hydrogen-bond donors (Lipinski definition) is 1. The smallest absolute Gasteiger partial charge is 0.128 e. The molecule has 2 aromatic rings. The Morgan fingerprint density at radius 2 is 1.84 bits per heavy atom.